The molecule has 2 aromatic carbocycles. The van der Waals surface area contributed by atoms with Crippen LogP contribution in [0.1, 0.15) is 20.7 Å². The van der Waals surface area contributed by atoms with Gasteiger partial charge in [-0.2, -0.15) is 8.42 Å². The van der Waals surface area contributed by atoms with Crippen molar-refractivity contribution in [2.75, 3.05) is 14.2 Å². The molecule has 7 nitrogen and oxygen atoms in total. The van der Waals surface area contributed by atoms with Crippen LogP contribution in [0.5, 0.6) is 5.75 Å². The molecule has 0 aromatic heterocycles. The van der Waals surface area contributed by atoms with Crippen molar-refractivity contribution in [3.8, 4) is 5.75 Å². The predicted molar refractivity (Wildman–Crippen MR) is 83.4 cm³/mol. The monoisotopic (exact) mass is 350 g/mol. The third-order valence-corrected chi connectivity index (χ3v) is 4.21. The van der Waals surface area contributed by atoms with Crippen molar-refractivity contribution in [2.24, 2.45) is 0 Å². The highest BCUT2D eigenvalue weighted by Crippen LogP contribution is 2.21. The Balaban J connectivity index is 2.51. The highest BCUT2D eigenvalue weighted by Gasteiger charge is 2.22. The van der Waals surface area contributed by atoms with Gasteiger partial charge < -0.3 is 13.7 Å². The second kappa shape index (κ2) is 7.14. The van der Waals surface area contributed by atoms with Crippen LogP contribution in [0.4, 0.5) is 0 Å². The molecule has 126 valence electrons. The number of esters is 2. The van der Waals surface area contributed by atoms with E-state index < -0.39 is 22.1 Å². The average Bonchev–Trinajstić information content (AvgIpc) is 2.60. The van der Waals surface area contributed by atoms with E-state index in [4.69, 9.17) is 4.18 Å². The van der Waals surface area contributed by atoms with E-state index in [1.165, 1.54) is 18.2 Å². The van der Waals surface area contributed by atoms with Crippen molar-refractivity contribution >= 4 is 22.1 Å². The Labute approximate surface area is 138 Å². The summed E-state index contributed by atoms with van der Waals surface area (Å²) in [7, 11) is -1.98. The van der Waals surface area contributed by atoms with Crippen molar-refractivity contribution in [1.29, 1.82) is 0 Å². The zero-order valence-corrected chi connectivity index (χ0v) is 13.7. The van der Waals surface area contributed by atoms with Gasteiger partial charge in [-0.1, -0.05) is 18.2 Å². The lowest BCUT2D eigenvalue weighted by molar-refractivity contribution is 0.0598. The van der Waals surface area contributed by atoms with Crippen molar-refractivity contribution in [3.63, 3.8) is 0 Å². The summed E-state index contributed by atoms with van der Waals surface area (Å²) in [5.41, 5.74) is -0.230. The van der Waals surface area contributed by atoms with Crippen LogP contribution >= 0.6 is 0 Å². The summed E-state index contributed by atoms with van der Waals surface area (Å²) < 4.78 is 38.9. The van der Waals surface area contributed by atoms with Gasteiger partial charge in [0.05, 0.1) is 25.3 Å². The number of hydrogen-bond donors (Lipinski definition) is 0. The fraction of sp³-hybridized carbons (Fsp3) is 0.125. The van der Waals surface area contributed by atoms with Crippen LogP contribution in [-0.4, -0.2) is 34.6 Å². The molecule has 0 aliphatic rings. The molecule has 0 amide bonds. The minimum Gasteiger partial charge on any atom is -0.465 e. The molecule has 2 rings (SSSR count). The van der Waals surface area contributed by atoms with E-state index in [2.05, 4.69) is 9.47 Å². The van der Waals surface area contributed by atoms with Crippen molar-refractivity contribution in [1.82, 2.24) is 0 Å². The average molecular weight is 350 g/mol. The highest BCUT2D eigenvalue weighted by atomic mass is 32.2. The zero-order valence-electron chi connectivity index (χ0n) is 12.9. The van der Waals surface area contributed by atoms with E-state index in [0.717, 1.165) is 26.4 Å². The molecule has 0 fully saturated rings. The van der Waals surface area contributed by atoms with Gasteiger partial charge >= 0.3 is 22.1 Å². The molecule has 0 unspecified atom stereocenters. The molecule has 0 aliphatic heterocycles. The van der Waals surface area contributed by atoms with Crippen molar-refractivity contribution < 1.29 is 31.7 Å². The molecule has 0 spiro atoms. The minimum atomic E-state index is -4.26. The van der Waals surface area contributed by atoms with Gasteiger partial charge in [0, 0.05) is 0 Å². The lowest BCUT2D eigenvalue weighted by Crippen LogP contribution is -2.14. The van der Waals surface area contributed by atoms with Gasteiger partial charge in [0.1, 0.15) is 10.6 Å². The van der Waals surface area contributed by atoms with Gasteiger partial charge in [0.2, 0.25) is 0 Å². The van der Waals surface area contributed by atoms with E-state index in [1.807, 2.05) is 0 Å². The lowest BCUT2D eigenvalue weighted by Gasteiger charge is -2.10. The molecule has 0 radical (unpaired) electrons. The molecular weight excluding hydrogens is 336 g/mol. The maximum Gasteiger partial charge on any atom is 0.339 e. The van der Waals surface area contributed by atoms with Crippen LogP contribution in [0.15, 0.2) is 53.4 Å². The maximum atomic E-state index is 12.4. The molecule has 0 bridgehead atoms. The molecule has 0 atom stereocenters. The summed E-state index contributed by atoms with van der Waals surface area (Å²) in [6.07, 6.45) is 0. The fourth-order valence-corrected chi connectivity index (χ4v) is 2.87. The van der Waals surface area contributed by atoms with Crippen LogP contribution in [0.25, 0.3) is 0 Å². The molecule has 2 aromatic rings. The number of methoxy groups -OCH3 is 2. The van der Waals surface area contributed by atoms with Gasteiger partial charge in [-0.05, 0) is 30.3 Å². The van der Waals surface area contributed by atoms with Crippen LogP contribution in [0, 0.1) is 0 Å². The molecule has 0 heterocycles. The van der Waals surface area contributed by atoms with E-state index in [0.29, 0.717) is 0 Å². The van der Waals surface area contributed by atoms with E-state index in [1.54, 1.807) is 18.2 Å². The molecule has 0 aliphatic carbocycles. The first-order valence-corrected chi connectivity index (χ1v) is 8.09. The van der Waals surface area contributed by atoms with Crippen LogP contribution < -0.4 is 4.18 Å². The fourth-order valence-electron chi connectivity index (χ4n) is 1.87. The lowest BCUT2D eigenvalue weighted by atomic mass is 10.1. The summed E-state index contributed by atoms with van der Waals surface area (Å²) in [5, 5.41) is 0. The predicted octanol–water partition coefficient (Wildman–Crippen LogP) is 2.03. The molecular formula is C16H14O7S. The Morgan fingerprint density at radius 1 is 0.833 bits per heavy atom. The van der Waals surface area contributed by atoms with Crippen molar-refractivity contribution in [2.45, 2.75) is 4.90 Å². The first kappa shape index (κ1) is 17.5. The topological polar surface area (TPSA) is 96.0 Å². The summed E-state index contributed by atoms with van der Waals surface area (Å²) in [5.74, 6) is -1.49. The summed E-state index contributed by atoms with van der Waals surface area (Å²) in [4.78, 5) is 23.0. The Bertz CT molecular complexity index is 823. The van der Waals surface area contributed by atoms with Gasteiger partial charge in [0.15, 0.2) is 0 Å². The number of ether oxygens (including phenoxy) is 2. The molecule has 0 saturated heterocycles. The second-order valence-corrected chi connectivity index (χ2v) is 6.13. The van der Waals surface area contributed by atoms with E-state index in [9.17, 15) is 18.0 Å². The first-order valence-electron chi connectivity index (χ1n) is 6.68. The Hall–Kier alpha value is -2.87. The third-order valence-electron chi connectivity index (χ3n) is 2.99. The van der Waals surface area contributed by atoms with Gasteiger partial charge in [0.25, 0.3) is 0 Å². The normalized spacial score (nSPS) is 10.8. The second-order valence-electron chi connectivity index (χ2n) is 4.58. The molecule has 24 heavy (non-hydrogen) atoms. The zero-order chi connectivity index (χ0) is 17.7. The van der Waals surface area contributed by atoms with E-state index in [-0.39, 0.29) is 21.8 Å². The number of benzene rings is 2. The molecule has 0 saturated carbocycles. The van der Waals surface area contributed by atoms with Crippen LogP contribution in [0.3, 0.4) is 0 Å². The molecule has 8 heteroatoms. The Morgan fingerprint density at radius 3 is 1.79 bits per heavy atom. The highest BCUT2D eigenvalue weighted by molar-refractivity contribution is 7.87. The summed E-state index contributed by atoms with van der Waals surface area (Å²) in [6, 6.07) is 11.1. The number of rotatable bonds is 5. The number of carbonyl (C=O) groups is 2. The smallest absolute Gasteiger partial charge is 0.339 e. The van der Waals surface area contributed by atoms with Gasteiger partial charge in [-0.3, -0.25) is 0 Å². The number of carbonyl (C=O) groups excluding carboxylic acids is 2. The SMILES string of the molecule is COC(=O)c1cc(C(=O)OC)cc(S(=O)(=O)Oc2ccccc2)c1. The number of hydrogen-bond acceptors (Lipinski definition) is 7. The van der Waals surface area contributed by atoms with Crippen LogP contribution in [0.2, 0.25) is 0 Å². The summed E-state index contributed by atoms with van der Waals surface area (Å²) in [6.45, 7) is 0. The Kier molecular flexibility index (Phi) is 5.20. The quantitative estimate of drug-likeness (QED) is 0.601. The largest absolute Gasteiger partial charge is 0.465 e. The van der Waals surface area contributed by atoms with E-state index >= 15 is 0 Å². The number of para-hydroxylation sites is 1. The maximum absolute atomic E-state index is 12.4. The van der Waals surface area contributed by atoms with Gasteiger partial charge in [-0.15, -0.1) is 0 Å². The minimum absolute atomic E-state index is 0.0978. The Morgan fingerprint density at radius 2 is 1.33 bits per heavy atom. The van der Waals surface area contributed by atoms with Crippen LogP contribution in [-0.2, 0) is 19.6 Å². The molecule has 0 N–H and O–H groups in total. The van der Waals surface area contributed by atoms with Gasteiger partial charge in [-0.25, -0.2) is 9.59 Å². The first-order chi connectivity index (χ1) is 11.4. The standard InChI is InChI=1S/C16H14O7S/c1-21-15(17)11-8-12(16(18)22-2)10-14(9-11)24(19,20)23-13-6-4-3-5-7-13/h3-10H,1-2H3. The third kappa shape index (κ3) is 3.90. The van der Waals surface area contributed by atoms with Crippen molar-refractivity contribution in [3.05, 3.63) is 59.7 Å². The summed E-state index contributed by atoms with van der Waals surface area (Å²) >= 11 is 0.